The van der Waals surface area contributed by atoms with Crippen LogP contribution in [0.5, 0.6) is 0 Å². The molecule has 0 aliphatic heterocycles. The maximum atomic E-state index is 11.9. The molecule has 2 atom stereocenters. The van der Waals surface area contributed by atoms with Crippen molar-refractivity contribution in [3.63, 3.8) is 0 Å². The zero-order valence-electron chi connectivity index (χ0n) is 12.0. The molecule has 2 amide bonds. The second-order valence-corrected chi connectivity index (χ2v) is 5.82. The molecule has 1 saturated carbocycles. The molecule has 19 heavy (non-hydrogen) atoms. The van der Waals surface area contributed by atoms with Gasteiger partial charge in [-0.15, -0.1) is 6.58 Å². The maximum Gasteiger partial charge on any atom is 0.407 e. The SMILES string of the molecule is C=CCNC(=O)[C@@H]1CCC[C@@H]1NC(=O)OC(C)(C)C. The molecule has 1 aliphatic rings. The number of rotatable bonds is 4. The van der Waals surface area contributed by atoms with Gasteiger partial charge in [0.2, 0.25) is 5.91 Å². The third kappa shape index (κ3) is 5.32. The van der Waals surface area contributed by atoms with Gasteiger partial charge in [0.25, 0.3) is 0 Å². The third-order valence-corrected chi connectivity index (χ3v) is 2.98. The minimum absolute atomic E-state index is 0.0292. The van der Waals surface area contributed by atoms with Crippen molar-refractivity contribution >= 4 is 12.0 Å². The monoisotopic (exact) mass is 268 g/mol. The lowest BCUT2D eigenvalue weighted by Crippen LogP contribution is -2.45. The van der Waals surface area contributed by atoms with E-state index in [0.29, 0.717) is 6.54 Å². The Bertz CT molecular complexity index is 347. The van der Waals surface area contributed by atoms with Gasteiger partial charge in [0.15, 0.2) is 0 Å². The summed E-state index contributed by atoms with van der Waals surface area (Å²) in [6, 6.07) is -0.139. The summed E-state index contributed by atoms with van der Waals surface area (Å²) in [6.45, 7) is 9.46. The zero-order chi connectivity index (χ0) is 14.5. The van der Waals surface area contributed by atoms with Crippen molar-refractivity contribution in [3.8, 4) is 0 Å². The van der Waals surface area contributed by atoms with E-state index in [1.54, 1.807) is 6.08 Å². The molecule has 0 aromatic heterocycles. The van der Waals surface area contributed by atoms with Crippen LogP contribution in [0.1, 0.15) is 40.0 Å². The Kier molecular flexibility index (Phi) is 5.39. The molecule has 1 aliphatic carbocycles. The average Bonchev–Trinajstić information content (AvgIpc) is 2.71. The summed E-state index contributed by atoms with van der Waals surface area (Å²) in [6.07, 6.45) is 3.73. The Hall–Kier alpha value is -1.52. The lowest BCUT2D eigenvalue weighted by atomic mass is 10.0. The number of amides is 2. The van der Waals surface area contributed by atoms with Gasteiger partial charge in [-0.3, -0.25) is 4.79 Å². The lowest BCUT2D eigenvalue weighted by molar-refractivity contribution is -0.125. The van der Waals surface area contributed by atoms with Crippen LogP contribution >= 0.6 is 0 Å². The highest BCUT2D eigenvalue weighted by Gasteiger charge is 2.34. The molecule has 108 valence electrons. The van der Waals surface area contributed by atoms with Gasteiger partial charge in [0.1, 0.15) is 5.60 Å². The minimum atomic E-state index is -0.525. The summed E-state index contributed by atoms with van der Waals surface area (Å²) in [7, 11) is 0. The first-order valence-electron chi connectivity index (χ1n) is 6.71. The normalized spacial score (nSPS) is 22.7. The Morgan fingerprint density at radius 2 is 2.05 bits per heavy atom. The molecule has 2 N–H and O–H groups in total. The standard InChI is InChI=1S/C14H24N2O3/c1-5-9-15-12(17)10-7-6-8-11(10)16-13(18)19-14(2,3)4/h5,10-11H,1,6-9H2,2-4H3,(H,15,17)(H,16,18)/t10-,11+/m1/s1. The molecule has 0 aromatic carbocycles. The Morgan fingerprint density at radius 3 is 2.63 bits per heavy atom. The van der Waals surface area contributed by atoms with Crippen LogP contribution in [0.15, 0.2) is 12.7 Å². The molecule has 0 unspecified atom stereocenters. The summed E-state index contributed by atoms with van der Waals surface area (Å²) < 4.78 is 5.21. The van der Waals surface area contributed by atoms with E-state index in [4.69, 9.17) is 4.74 Å². The molecule has 5 heteroatoms. The molecular formula is C14H24N2O3. The largest absolute Gasteiger partial charge is 0.444 e. The predicted molar refractivity (Wildman–Crippen MR) is 73.7 cm³/mol. The zero-order valence-corrected chi connectivity index (χ0v) is 12.0. The maximum absolute atomic E-state index is 11.9. The molecule has 0 saturated heterocycles. The number of hydrogen-bond acceptors (Lipinski definition) is 3. The van der Waals surface area contributed by atoms with Crippen LogP contribution in [0.3, 0.4) is 0 Å². The van der Waals surface area contributed by atoms with Gasteiger partial charge >= 0.3 is 6.09 Å². The summed E-state index contributed by atoms with van der Waals surface area (Å²) in [5.41, 5.74) is -0.525. The summed E-state index contributed by atoms with van der Waals surface area (Å²) in [5.74, 6) is -0.203. The van der Waals surface area contributed by atoms with Gasteiger partial charge in [-0.05, 0) is 33.6 Å². The van der Waals surface area contributed by atoms with E-state index in [9.17, 15) is 9.59 Å². The van der Waals surface area contributed by atoms with Gasteiger partial charge in [-0.1, -0.05) is 12.5 Å². The quantitative estimate of drug-likeness (QED) is 0.766. The van der Waals surface area contributed by atoms with E-state index in [1.165, 1.54) is 0 Å². The van der Waals surface area contributed by atoms with Crippen molar-refractivity contribution in [3.05, 3.63) is 12.7 Å². The van der Waals surface area contributed by atoms with Crippen LogP contribution in [0.4, 0.5) is 4.79 Å². The highest BCUT2D eigenvalue weighted by molar-refractivity contribution is 5.80. The smallest absolute Gasteiger partial charge is 0.407 e. The molecule has 0 heterocycles. The average molecular weight is 268 g/mol. The Labute approximate surface area is 114 Å². The molecule has 0 spiro atoms. The van der Waals surface area contributed by atoms with Crippen molar-refractivity contribution in [2.75, 3.05) is 6.54 Å². The molecule has 0 aromatic rings. The van der Waals surface area contributed by atoms with Gasteiger partial charge in [-0.2, -0.15) is 0 Å². The van der Waals surface area contributed by atoms with E-state index < -0.39 is 11.7 Å². The number of hydrogen-bond donors (Lipinski definition) is 2. The van der Waals surface area contributed by atoms with E-state index in [-0.39, 0.29) is 17.9 Å². The van der Waals surface area contributed by atoms with Crippen LogP contribution in [-0.4, -0.2) is 30.2 Å². The third-order valence-electron chi connectivity index (χ3n) is 2.98. The van der Waals surface area contributed by atoms with Crippen LogP contribution in [0.2, 0.25) is 0 Å². The number of nitrogens with one attached hydrogen (secondary N) is 2. The Balaban J connectivity index is 2.50. The number of carbonyl (C=O) groups excluding carboxylic acids is 2. The highest BCUT2D eigenvalue weighted by Crippen LogP contribution is 2.26. The van der Waals surface area contributed by atoms with Gasteiger partial charge in [0, 0.05) is 12.6 Å². The van der Waals surface area contributed by atoms with Crippen molar-refractivity contribution in [2.24, 2.45) is 5.92 Å². The van der Waals surface area contributed by atoms with Crippen LogP contribution < -0.4 is 10.6 Å². The molecular weight excluding hydrogens is 244 g/mol. The first kappa shape index (κ1) is 15.5. The fourth-order valence-corrected chi connectivity index (χ4v) is 2.21. The van der Waals surface area contributed by atoms with Crippen molar-refractivity contribution in [1.82, 2.24) is 10.6 Å². The lowest BCUT2D eigenvalue weighted by Gasteiger charge is -2.24. The first-order chi connectivity index (χ1) is 8.83. The fourth-order valence-electron chi connectivity index (χ4n) is 2.21. The molecule has 1 rings (SSSR count). The second kappa shape index (κ2) is 6.59. The van der Waals surface area contributed by atoms with E-state index in [2.05, 4.69) is 17.2 Å². The van der Waals surface area contributed by atoms with Crippen molar-refractivity contribution < 1.29 is 14.3 Å². The van der Waals surface area contributed by atoms with E-state index in [0.717, 1.165) is 19.3 Å². The first-order valence-corrected chi connectivity index (χ1v) is 6.71. The van der Waals surface area contributed by atoms with Crippen molar-refractivity contribution in [1.29, 1.82) is 0 Å². The van der Waals surface area contributed by atoms with Gasteiger partial charge in [-0.25, -0.2) is 4.79 Å². The van der Waals surface area contributed by atoms with Crippen LogP contribution in [0, 0.1) is 5.92 Å². The van der Waals surface area contributed by atoms with E-state index >= 15 is 0 Å². The second-order valence-electron chi connectivity index (χ2n) is 5.82. The summed E-state index contributed by atoms with van der Waals surface area (Å²) in [4.78, 5) is 23.6. The van der Waals surface area contributed by atoms with E-state index in [1.807, 2.05) is 20.8 Å². The topological polar surface area (TPSA) is 67.4 Å². The van der Waals surface area contributed by atoms with Gasteiger partial charge < -0.3 is 15.4 Å². The minimum Gasteiger partial charge on any atom is -0.444 e. The molecule has 0 radical (unpaired) electrons. The molecule has 5 nitrogen and oxygen atoms in total. The molecule has 0 bridgehead atoms. The number of ether oxygens (including phenoxy) is 1. The highest BCUT2D eigenvalue weighted by atomic mass is 16.6. The number of carbonyl (C=O) groups is 2. The Morgan fingerprint density at radius 1 is 1.37 bits per heavy atom. The van der Waals surface area contributed by atoms with Crippen LogP contribution in [-0.2, 0) is 9.53 Å². The van der Waals surface area contributed by atoms with Gasteiger partial charge in [0.05, 0.1) is 5.92 Å². The summed E-state index contributed by atoms with van der Waals surface area (Å²) in [5, 5.41) is 5.57. The van der Waals surface area contributed by atoms with Crippen LogP contribution in [0.25, 0.3) is 0 Å². The number of alkyl carbamates (subject to hydrolysis) is 1. The summed E-state index contributed by atoms with van der Waals surface area (Å²) >= 11 is 0. The van der Waals surface area contributed by atoms with Crippen molar-refractivity contribution in [2.45, 2.75) is 51.7 Å². The predicted octanol–water partition coefficient (Wildman–Crippen LogP) is 1.98. The molecule has 1 fully saturated rings. The fraction of sp³-hybridized carbons (Fsp3) is 0.714.